The molecule has 0 bridgehead atoms. The summed E-state index contributed by atoms with van der Waals surface area (Å²) in [4.78, 5) is 36.4. The second kappa shape index (κ2) is 9.43. The predicted molar refractivity (Wildman–Crippen MR) is 95.8 cm³/mol. The number of hydrogen-bond acceptors (Lipinski definition) is 6. The van der Waals surface area contributed by atoms with E-state index in [0.717, 1.165) is 4.88 Å². The molecule has 3 amide bonds. The molecule has 0 aliphatic rings. The van der Waals surface area contributed by atoms with Crippen LogP contribution in [0.4, 0.5) is 10.5 Å². The first-order valence-corrected chi connectivity index (χ1v) is 8.52. The topological polar surface area (TPSA) is 96.5 Å². The van der Waals surface area contributed by atoms with Gasteiger partial charge in [-0.15, -0.1) is 11.3 Å². The van der Waals surface area contributed by atoms with Gasteiger partial charge in [0.25, 0.3) is 5.91 Å². The number of carbonyl (C=O) groups is 3. The zero-order valence-electron chi connectivity index (χ0n) is 13.7. The molecule has 1 heterocycles. The maximum atomic E-state index is 12.0. The average Bonchev–Trinajstić information content (AvgIpc) is 3.13. The van der Waals surface area contributed by atoms with Crippen LogP contribution >= 0.6 is 11.3 Å². The van der Waals surface area contributed by atoms with E-state index in [0.29, 0.717) is 24.2 Å². The van der Waals surface area contributed by atoms with Crippen molar-refractivity contribution in [1.29, 1.82) is 0 Å². The summed E-state index contributed by atoms with van der Waals surface area (Å²) in [6.45, 7) is -0.121. The van der Waals surface area contributed by atoms with Crippen molar-refractivity contribution in [2.24, 2.45) is 0 Å². The Morgan fingerprint density at radius 2 is 1.92 bits per heavy atom. The Balaban J connectivity index is 1.70. The molecule has 25 heavy (non-hydrogen) atoms. The summed E-state index contributed by atoms with van der Waals surface area (Å²) in [6.07, 6.45) is 0.690. The van der Waals surface area contributed by atoms with E-state index in [1.807, 2.05) is 17.5 Å². The smallest absolute Gasteiger partial charge is 0.340 e. The summed E-state index contributed by atoms with van der Waals surface area (Å²) in [5.41, 5.74) is 0.914. The minimum Gasteiger partial charge on any atom is -0.452 e. The van der Waals surface area contributed by atoms with Crippen molar-refractivity contribution in [3.63, 3.8) is 0 Å². The normalized spacial score (nSPS) is 9.96. The summed E-state index contributed by atoms with van der Waals surface area (Å²) in [5.74, 6) is -1.33. The molecule has 0 saturated carbocycles. The number of esters is 1. The number of thiophene rings is 1. The predicted octanol–water partition coefficient (Wildman–Crippen LogP) is 2.02. The second-order valence-corrected chi connectivity index (χ2v) is 6.04. The van der Waals surface area contributed by atoms with Crippen LogP contribution in [0.5, 0.6) is 0 Å². The standard InChI is InChI=1S/C17H19N3O4S/c1-18-14-7-3-2-6-13(14)16(22)24-11-15(21)20-17(23)19-9-8-12-5-4-10-25-12/h2-7,10,18H,8-9,11H2,1H3,(H2,19,20,21,23). The Kier molecular flexibility index (Phi) is 6.97. The third-order valence-corrected chi connectivity index (χ3v) is 4.18. The van der Waals surface area contributed by atoms with Crippen molar-refractivity contribution in [2.45, 2.75) is 6.42 Å². The molecule has 1 aromatic carbocycles. The van der Waals surface area contributed by atoms with Gasteiger partial charge < -0.3 is 15.4 Å². The summed E-state index contributed by atoms with van der Waals surface area (Å²) >= 11 is 1.60. The molecule has 0 aliphatic carbocycles. The van der Waals surface area contributed by atoms with Crippen molar-refractivity contribution in [3.05, 3.63) is 52.2 Å². The molecule has 0 saturated heterocycles. The van der Waals surface area contributed by atoms with Gasteiger partial charge in [-0.25, -0.2) is 9.59 Å². The number of urea groups is 1. The first-order valence-electron chi connectivity index (χ1n) is 7.64. The quantitative estimate of drug-likeness (QED) is 0.656. The highest BCUT2D eigenvalue weighted by Gasteiger charge is 2.14. The van der Waals surface area contributed by atoms with Gasteiger partial charge >= 0.3 is 12.0 Å². The fourth-order valence-electron chi connectivity index (χ4n) is 2.05. The van der Waals surface area contributed by atoms with E-state index in [4.69, 9.17) is 4.74 Å². The molecule has 0 unspecified atom stereocenters. The highest BCUT2D eigenvalue weighted by molar-refractivity contribution is 7.09. The van der Waals surface area contributed by atoms with Gasteiger partial charge in [0.05, 0.1) is 5.56 Å². The molecule has 8 heteroatoms. The minimum atomic E-state index is -0.691. The fourth-order valence-corrected chi connectivity index (χ4v) is 2.76. The van der Waals surface area contributed by atoms with Crippen LogP contribution in [0.1, 0.15) is 15.2 Å². The van der Waals surface area contributed by atoms with Gasteiger partial charge in [0.2, 0.25) is 0 Å². The molecule has 0 atom stereocenters. The van der Waals surface area contributed by atoms with Gasteiger partial charge in [0, 0.05) is 24.2 Å². The molecule has 132 valence electrons. The average molecular weight is 361 g/mol. The number of rotatable bonds is 7. The number of benzene rings is 1. The first-order chi connectivity index (χ1) is 12.1. The number of para-hydroxylation sites is 1. The van der Waals surface area contributed by atoms with E-state index in [1.54, 1.807) is 42.6 Å². The maximum absolute atomic E-state index is 12.0. The molecule has 2 rings (SSSR count). The molecule has 0 radical (unpaired) electrons. The van der Waals surface area contributed by atoms with Gasteiger partial charge in [-0.05, 0) is 30.0 Å². The van der Waals surface area contributed by atoms with Crippen molar-refractivity contribution in [3.8, 4) is 0 Å². The molecular formula is C17H19N3O4S. The largest absolute Gasteiger partial charge is 0.452 e. The van der Waals surface area contributed by atoms with Gasteiger partial charge in [0.15, 0.2) is 6.61 Å². The van der Waals surface area contributed by atoms with Crippen LogP contribution in [0.15, 0.2) is 41.8 Å². The molecule has 2 aromatic rings. The van der Waals surface area contributed by atoms with E-state index in [1.165, 1.54) is 0 Å². The lowest BCUT2D eigenvalue weighted by molar-refractivity contribution is -0.123. The summed E-state index contributed by atoms with van der Waals surface area (Å²) in [7, 11) is 1.68. The van der Waals surface area contributed by atoms with Crippen molar-refractivity contribution in [1.82, 2.24) is 10.6 Å². The third kappa shape index (κ3) is 5.92. The lowest BCUT2D eigenvalue weighted by Crippen LogP contribution is -2.42. The van der Waals surface area contributed by atoms with Gasteiger partial charge in [-0.1, -0.05) is 18.2 Å². The fraction of sp³-hybridized carbons (Fsp3) is 0.235. The van der Waals surface area contributed by atoms with E-state index in [9.17, 15) is 14.4 Å². The van der Waals surface area contributed by atoms with Crippen LogP contribution in [0.3, 0.4) is 0 Å². The van der Waals surface area contributed by atoms with E-state index in [-0.39, 0.29) is 0 Å². The Bertz CT molecular complexity index is 731. The van der Waals surface area contributed by atoms with Crippen LogP contribution in [0.25, 0.3) is 0 Å². The minimum absolute atomic E-state index is 0.318. The number of amides is 3. The van der Waals surface area contributed by atoms with Crippen LogP contribution in [-0.4, -0.2) is 38.1 Å². The molecule has 0 aliphatic heterocycles. The van der Waals surface area contributed by atoms with Crippen molar-refractivity contribution in [2.75, 3.05) is 25.5 Å². The summed E-state index contributed by atoms with van der Waals surface area (Å²) < 4.78 is 4.93. The Labute approximate surface area is 149 Å². The second-order valence-electron chi connectivity index (χ2n) is 5.01. The monoisotopic (exact) mass is 361 g/mol. The van der Waals surface area contributed by atoms with Crippen molar-refractivity contribution < 1.29 is 19.1 Å². The van der Waals surface area contributed by atoms with E-state index >= 15 is 0 Å². The van der Waals surface area contributed by atoms with E-state index in [2.05, 4.69) is 16.0 Å². The SMILES string of the molecule is CNc1ccccc1C(=O)OCC(=O)NC(=O)NCCc1cccs1. The van der Waals surface area contributed by atoms with Gasteiger partial charge in [-0.2, -0.15) is 0 Å². The highest BCUT2D eigenvalue weighted by atomic mass is 32.1. The van der Waals surface area contributed by atoms with Crippen LogP contribution in [-0.2, 0) is 16.0 Å². The Morgan fingerprint density at radius 1 is 1.12 bits per heavy atom. The van der Waals surface area contributed by atoms with Crippen LogP contribution < -0.4 is 16.0 Å². The van der Waals surface area contributed by atoms with Gasteiger partial charge in [-0.3, -0.25) is 10.1 Å². The number of nitrogens with one attached hydrogen (secondary N) is 3. The van der Waals surface area contributed by atoms with Gasteiger partial charge in [0.1, 0.15) is 0 Å². The molecule has 0 fully saturated rings. The number of ether oxygens (including phenoxy) is 1. The number of anilines is 1. The Morgan fingerprint density at radius 3 is 2.64 bits per heavy atom. The first kappa shape index (κ1) is 18.5. The molecule has 7 nitrogen and oxygen atoms in total. The molecule has 0 spiro atoms. The zero-order valence-corrected chi connectivity index (χ0v) is 14.5. The Hall–Kier alpha value is -2.87. The summed E-state index contributed by atoms with van der Waals surface area (Å²) in [6, 6.07) is 10.1. The lowest BCUT2D eigenvalue weighted by atomic mass is 10.2. The number of imide groups is 1. The molecule has 3 N–H and O–H groups in total. The number of carbonyl (C=O) groups excluding carboxylic acids is 3. The molecule has 1 aromatic heterocycles. The molecular weight excluding hydrogens is 342 g/mol. The lowest BCUT2D eigenvalue weighted by Gasteiger charge is -2.09. The van der Waals surface area contributed by atoms with E-state index < -0.39 is 24.5 Å². The highest BCUT2D eigenvalue weighted by Crippen LogP contribution is 2.15. The third-order valence-electron chi connectivity index (χ3n) is 3.24. The van der Waals surface area contributed by atoms with Crippen LogP contribution in [0, 0.1) is 0 Å². The summed E-state index contributed by atoms with van der Waals surface area (Å²) in [5, 5.41) is 9.52. The zero-order chi connectivity index (χ0) is 18.1. The number of hydrogen-bond donors (Lipinski definition) is 3. The maximum Gasteiger partial charge on any atom is 0.340 e. The van der Waals surface area contributed by atoms with Crippen molar-refractivity contribution >= 4 is 34.9 Å². The van der Waals surface area contributed by atoms with Crippen LogP contribution in [0.2, 0.25) is 0 Å².